The van der Waals surface area contributed by atoms with Gasteiger partial charge in [-0.2, -0.15) is 0 Å². The third-order valence-corrected chi connectivity index (χ3v) is 4.91. The standard InChI is InChI=1S/C23H26N2O4/c1-16-10-17(2)12-20(11-16)24-21(26)15-29-23(28)19-13-22(27)25(14-19)9-8-18-6-4-3-5-7-18/h3-7,10-12,19H,8-9,13-15H2,1-2H3,(H,24,26)/t19-/m1/s1. The molecule has 152 valence electrons. The molecule has 6 heteroatoms. The van der Waals surface area contributed by atoms with Crippen LogP contribution in [0, 0.1) is 19.8 Å². The van der Waals surface area contributed by atoms with E-state index < -0.39 is 17.8 Å². The maximum atomic E-state index is 12.3. The molecule has 1 heterocycles. The van der Waals surface area contributed by atoms with E-state index in [2.05, 4.69) is 5.32 Å². The number of amides is 2. The van der Waals surface area contributed by atoms with E-state index in [4.69, 9.17) is 4.74 Å². The Labute approximate surface area is 170 Å². The van der Waals surface area contributed by atoms with Gasteiger partial charge in [0.05, 0.1) is 5.92 Å². The van der Waals surface area contributed by atoms with E-state index in [9.17, 15) is 14.4 Å². The van der Waals surface area contributed by atoms with Crippen LogP contribution < -0.4 is 5.32 Å². The van der Waals surface area contributed by atoms with Crippen LogP contribution in [0.1, 0.15) is 23.1 Å². The molecule has 0 aromatic heterocycles. The van der Waals surface area contributed by atoms with Crippen LogP contribution in [0.4, 0.5) is 5.69 Å². The van der Waals surface area contributed by atoms with Crippen molar-refractivity contribution in [3.05, 3.63) is 65.2 Å². The molecule has 0 spiro atoms. The molecule has 0 unspecified atom stereocenters. The van der Waals surface area contributed by atoms with Crippen molar-refractivity contribution in [2.75, 3.05) is 25.0 Å². The average molecular weight is 394 g/mol. The SMILES string of the molecule is Cc1cc(C)cc(NC(=O)COC(=O)[C@@H]2CC(=O)N(CCc3ccccc3)C2)c1. The first kappa shape index (κ1) is 20.6. The molecule has 29 heavy (non-hydrogen) atoms. The molecule has 1 N–H and O–H groups in total. The predicted octanol–water partition coefficient (Wildman–Crippen LogP) is 2.88. The van der Waals surface area contributed by atoms with Crippen molar-refractivity contribution in [1.82, 2.24) is 4.90 Å². The molecule has 0 aliphatic carbocycles. The van der Waals surface area contributed by atoms with Gasteiger partial charge in [-0.3, -0.25) is 14.4 Å². The molecule has 2 amide bonds. The summed E-state index contributed by atoms with van der Waals surface area (Å²) < 4.78 is 5.15. The van der Waals surface area contributed by atoms with Gasteiger partial charge in [0.2, 0.25) is 5.91 Å². The molecular formula is C23H26N2O4. The normalized spacial score (nSPS) is 16.0. The lowest BCUT2D eigenvalue weighted by Gasteiger charge is -2.16. The maximum absolute atomic E-state index is 12.3. The second-order valence-electron chi connectivity index (χ2n) is 7.51. The summed E-state index contributed by atoms with van der Waals surface area (Å²) >= 11 is 0. The van der Waals surface area contributed by atoms with Crippen LogP contribution in [0.2, 0.25) is 0 Å². The lowest BCUT2D eigenvalue weighted by molar-refractivity contribution is -0.151. The van der Waals surface area contributed by atoms with Crippen LogP contribution in [0.15, 0.2) is 48.5 Å². The predicted molar refractivity (Wildman–Crippen MR) is 110 cm³/mol. The highest BCUT2D eigenvalue weighted by Crippen LogP contribution is 2.20. The Kier molecular flexibility index (Phi) is 6.65. The number of carbonyl (C=O) groups excluding carboxylic acids is 3. The summed E-state index contributed by atoms with van der Waals surface area (Å²) in [6.07, 6.45) is 0.874. The van der Waals surface area contributed by atoms with Gasteiger partial charge in [-0.25, -0.2) is 0 Å². The van der Waals surface area contributed by atoms with Crippen molar-refractivity contribution in [3.63, 3.8) is 0 Å². The molecule has 2 aromatic carbocycles. The zero-order chi connectivity index (χ0) is 20.8. The van der Waals surface area contributed by atoms with E-state index in [1.165, 1.54) is 0 Å². The minimum atomic E-state index is -0.521. The van der Waals surface area contributed by atoms with Gasteiger partial charge < -0.3 is 15.0 Å². The number of carbonyl (C=O) groups is 3. The number of nitrogens with one attached hydrogen (secondary N) is 1. The number of hydrogen-bond donors (Lipinski definition) is 1. The Morgan fingerprint density at radius 1 is 1.10 bits per heavy atom. The zero-order valence-electron chi connectivity index (χ0n) is 16.8. The summed E-state index contributed by atoms with van der Waals surface area (Å²) in [5.74, 6) is -1.47. The number of hydrogen-bond acceptors (Lipinski definition) is 4. The zero-order valence-corrected chi connectivity index (χ0v) is 16.8. The monoisotopic (exact) mass is 394 g/mol. The van der Waals surface area contributed by atoms with Gasteiger partial charge in [0.15, 0.2) is 6.61 Å². The second kappa shape index (κ2) is 9.37. The first-order chi connectivity index (χ1) is 13.9. The number of benzene rings is 2. The van der Waals surface area contributed by atoms with E-state index >= 15 is 0 Å². The second-order valence-corrected chi connectivity index (χ2v) is 7.51. The number of likely N-dealkylation sites (tertiary alicyclic amines) is 1. The van der Waals surface area contributed by atoms with Gasteiger partial charge in [-0.1, -0.05) is 36.4 Å². The number of rotatable bonds is 7. The summed E-state index contributed by atoms with van der Waals surface area (Å²) in [5, 5.41) is 2.73. The number of nitrogens with zero attached hydrogens (tertiary/aromatic N) is 1. The van der Waals surface area contributed by atoms with Crippen molar-refractivity contribution in [2.45, 2.75) is 26.7 Å². The van der Waals surface area contributed by atoms with Crippen LogP contribution in [0.3, 0.4) is 0 Å². The Hall–Kier alpha value is -3.15. The first-order valence-corrected chi connectivity index (χ1v) is 9.77. The molecule has 1 saturated heterocycles. The van der Waals surface area contributed by atoms with Crippen molar-refractivity contribution < 1.29 is 19.1 Å². The third kappa shape index (κ3) is 5.91. The molecule has 0 radical (unpaired) electrons. The number of aryl methyl sites for hydroxylation is 2. The quantitative estimate of drug-likeness (QED) is 0.733. The smallest absolute Gasteiger partial charge is 0.311 e. The summed E-state index contributed by atoms with van der Waals surface area (Å²) in [6.45, 7) is 4.44. The van der Waals surface area contributed by atoms with Crippen LogP contribution in [-0.4, -0.2) is 42.4 Å². The van der Waals surface area contributed by atoms with E-state index in [0.29, 0.717) is 18.8 Å². The first-order valence-electron chi connectivity index (χ1n) is 9.77. The van der Waals surface area contributed by atoms with E-state index in [1.807, 2.05) is 62.4 Å². The molecule has 1 aliphatic heterocycles. The molecule has 0 saturated carbocycles. The molecule has 1 aliphatic rings. The molecule has 1 fully saturated rings. The number of ether oxygens (including phenoxy) is 1. The van der Waals surface area contributed by atoms with Crippen LogP contribution in [0.25, 0.3) is 0 Å². The molecule has 6 nitrogen and oxygen atoms in total. The van der Waals surface area contributed by atoms with E-state index in [-0.39, 0.29) is 18.9 Å². The fraction of sp³-hybridized carbons (Fsp3) is 0.348. The molecule has 0 bridgehead atoms. The van der Waals surface area contributed by atoms with Gasteiger partial charge >= 0.3 is 5.97 Å². The third-order valence-electron chi connectivity index (χ3n) is 4.91. The van der Waals surface area contributed by atoms with E-state index in [0.717, 1.165) is 23.1 Å². The fourth-order valence-corrected chi connectivity index (χ4v) is 3.55. The van der Waals surface area contributed by atoms with Gasteiger partial charge in [-0.15, -0.1) is 0 Å². The van der Waals surface area contributed by atoms with Gasteiger partial charge in [0.1, 0.15) is 0 Å². The highest BCUT2D eigenvalue weighted by molar-refractivity contribution is 5.93. The van der Waals surface area contributed by atoms with Gasteiger partial charge in [0.25, 0.3) is 5.91 Å². The van der Waals surface area contributed by atoms with Gasteiger partial charge in [0, 0.05) is 25.2 Å². The van der Waals surface area contributed by atoms with Crippen LogP contribution in [-0.2, 0) is 25.5 Å². The fourth-order valence-electron chi connectivity index (χ4n) is 3.55. The van der Waals surface area contributed by atoms with Crippen LogP contribution >= 0.6 is 0 Å². The summed E-state index contributed by atoms with van der Waals surface area (Å²) in [7, 11) is 0. The van der Waals surface area contributed by atoms with Crippen molar-refractivity contribution in [3.8, 4) is 0 Å². The number of esters is 1. The number of anilines is 1. The Balaban J connectivity index is 1.44. The topological polar surface area (TPSA) is 75.7 Å². The van der Waals surface area contributed by atoms with Gasteiger partial charge in [-0.05, 0) is 49.1 Å². The Morgan fingerprint density at radius 2 is 1.79 bits per heavy atom. The van der Waals surface area contributed by atoms with Crippen molar-refractivity contribution >= 4 is 23.5 Å². The van der Waals surface area contributed by atoms with Crippen molar-refractivity contribution in [1.29, 1.82) is 0 Å². The minimum absolute atomic E-state index is 0.0532. The highest BCUT2D eigenvalue weighted by Gasteiger charge is 2.35. The Bertz CT molecular complexity index is 875. The summed E-state index contributed by atoms with van der Waals surface area (Å²) in [5.41, 5.74) is 3.90. The maximum Gasteiger partial charge on any atom is 0.311 e. The van der Waals surface area contributed by atoms with E-state index in [1.54, 1.807) is 4.90 Å². The molecule has 1 atom stereocenters. The average Bonchev–Trinajstić information content (AvgIpc) is 3.05. The van der Waals surface area contributed by atoms with Crippen molar-refractivity contribution in [2.24, 2.45) is 5.92 Å². The molecular weight excluding hydrogens is 368 g/mol. The van der Waals surface area contributed by atoms with Crippen LogP contribution in [0.5, 0.6) is 0 Å². The molecule has 3 rings (SSSR count). The lowest BCUT2D eigenvalue weighted by atomic mass is 10.1. The molecule has 2 aromatic rings. The Morgan fingerprint density at radius 3 is 2.48 bits per heavy atom. The lowest BCUT2D eigenvalue weighted by Crippen LogP contribution is -2.29. The highest BCUT2D eigenvalue weighted by atomic mass is 16.5. The summed E-state index contributed by atoms with van der Waals surface area (Å²) in [6, 6.07) is 15.6. The minimum Gasteiger partial charge on any atom is -0.455 e. The summed E-state index contributed by atoms with van der Waals surface area (Å²) in [4.78, 5) is 38.3. The largest absolute Gasteiger partial charge is 0.455 e.